The molecule has 1 nitrogen and oxygen atoms in total. The summed E-state index contributed by atoms with van der Waals surface area (Å²) in [7, 11) is 0. The molecular formula is C96H189NY13-26. The standard InChI is InChI=1S/2C9H10.C8H8.C6H12.2C5H10.2C5H8.3C4H8.C3H5N.C3H6.13C2H6.13Y/c1-3-9-7-5-4-6-8(9)2;1-2-6-9-7-4-3-5-8-9;1-2-8-6-4-3-5-7-8;1-3-5-6-4-2;4*1-3-5-4-2;4*1-3-4-2;1-3-2;13*1-2;;;;;;;;;;;;;/h4-7H,1-3H2;3-5,7H,1-2,6H2;3-6H,1-2H2;1-6H2;2*1-5H2;2*1,3H,2,4-5H2;3*1-4H2;2H,1,3H2;1-3H2;13*1-2H3;;;;;;;;;;;;;/q13*-2;;;;;;;;;;;;;;;;;;;;;;;;;;. The Morgan fingerprint density at radius 2 is 0.491 bits per heavy atom. The van der Waals surface area contributed by atoms with Gasteiger partial charge in [0.25, 0.3) is 0 Å². The van der Waals surface area contributed by atoms with Crippen molar-refractivity contribution < 1.29 is 425 Å². The molecule has 0 bridgehead atoms. The van der Waals surface area contributed by atoms with Crippen LogP contribution >= 0.6 is 0 Å². The molecule has 3 aromatic rings. The summed E-state index contributed by atoms with van der Waals surface area (Å²) >= 11 is 0. The van der Waals surface area contributed by atoms with Crippen LogP contribution in [0.5, 0.6) is 0 Å². The van der Waals surface area contributed by atoms with Gasteiger partial charge in [0.2, 0.25) is 0 Å². The first kappa shape index (κ1) is 241. The number of aliphatic imine (C=N–C) groups is 1. The van der Waals surface area contributed by atoms with Gasteiger partial charge in [0.1, 0.15) is 0 Å². The van der Waals surface area contributed by atoms with Gasteiger partial charge in [-0.25, -0.2) is 44.9 Å². The third kappa shape index (κ3) is 460. The van der Waals surface area contributed by atoms with Gasteiger partial charge in [0.05, 0.1) is 0 Å². The fraction of sp³-hybridized carbons (Fsp3) is 0.542. The van der Waals surface area contributed by atoms with Gasteiger partial charge in [0.15, 0.2) is 0 Å². The Labute approximate surface area is 1040 Å². The predicted molar refractivity (Wildman–Crippen MR) is 480 cm³/mol. The molecule has 0 aliphatic carbocycles. The molecule has 0 fully saturated rings. The maximum absolute atomic E-state index is 4.97. The summed E-state index contributed by atoms with van der Waals surface area (Å²) in [4.78, 5) is 3.12. The fourth-order valence-corrected chi connectivity index (χ4v) is 3.11. The van der Waals surface area contributed by atoms with Crippen LogP contribution in [-0.2, 0) is 444 Å². The number of hydrogen-bond donors (Lipinski definition) is 0. The number of hydrogen-bond acceptors (Lipinski definition) is 1. The molecule has 0 aromatic heterocycles. The van der Waals surface area contributed by atoms with E-state index < -0.39 is 0 Å². The minimum atomic E-state index is 0. The van der Waals surface area contributed by atoms with Crippen LogP contribution in [0.3, 0.4) is 0 Å². The predicted octanol–water partition coefficient (Wildman–Crippen LogP) is 34.5. The zero-order valence-corrected chi connectivity index (χ0v) is 117. The Kier molecular flexibility index (Phi) is 855. The van der Waals surface area contributed by atoms with Crippen LogP contribution in [0.2, 0.25) is 0 Å². The molecular weight excluding hydrogens is 2320 g/mol. The van der Waals surface area contributed by atoms with E-state index >= 15 is 0 Å². The molecule has 3 aromatic carbocycles. The topological polar surface area (TPSA) is 12.4 Å². The van der Waals surface area contributed by atoms with Crippen molar-refractivity contribution in [3.63, 3.8) is 0 Å². The van der Waals surface area contributed by atoms with Gasteiger partial charge < -0.3 is 170 Å². The van der Waals surface area contributed by atoms with E-state index in [4.69, 9.17) is 13.2 Å². The molecule has 14 heteroatoms. The third-order valence-corrected chi connectivity index (χ3v) is 7.02. The zero-order chi connectivity index (χ0) is 82.7. The van der Waals surface area contributed by atoms with Crippen LogP contribution in [0.15, 0.2) is 89.9 Å². The number of benzene rings is 3. The SMILES string of the molecule is CC.CC.CC.CC.CC.CC.CC.CC.CC.CC.CC.CC.CC.[CH-]=CCC[CH2-].[CH-]=CCC[CH2-].[CH-]=NC[CH2-].[CH2-]CCCC[CH2-].[CH2-]CCC[CH2-].[CH2-]CCC[CH2-].[CH2-]CC[CH2-].[CH2-]CC[CH2-].[CH2-]CC[CH2-].[CH2-]CCc1[c-]cccc1.[CH2-]C[CH2-].[CH2-]Cc1[c-]cccc1.[CH2-]Cc1ccccc1[CH2-].[Y].[Y].[Y].[Y].[Y].[Y].[Y].[Y].[Y].[Y].[Y].[Y].[Y]. The van der Waals surface area contributed by atoms with E-state index in [0.29, 0.717) is 6.54 Å². The second kappa shape index (κ2) is 390. The summed E-state index contributed by atoms with van der Waals surface area (Å²) in [5, 5.41) is 0. The monoisotopic (exact) mass is 2510 g/mol. The van der Waals surface area contributed by atoms with E-state index in [9.17, 15) is 0 Å². The maximum atomic E-state index is 4.97. The quantitative estimate of drug-likeness (QED) is 0.0644. The van der Waals surface area contributed by atoms with Crippen molar-refractivity contribution >= 4 is 6.72 Å². The van der Waals surface area contributed by atoms with E-state index in [1.807, 2.05) is 241 Å². The first-order valence-corrected chi connectivity index (χ1v) is 38.5. The van der Waals surface area contributed by atoms with Crippen LogP contribution in [0.25, 0.3) is 0 Å². The minimum Gasteiger partial charge on any atom is -0.536 e. The maximum Gasteiger partial charge on any atom is 0 e. The normalized spacial score (nSPS) is 6.05. The van der Waals surface area contributed by atoms with Crippen molar-refractivity contribution in [2.45, 2.75) is 341 Å². The Morgan fingerprint density at radius 3 is 0.591 bits per heavy atom. The summed E-state index contributed by atoms with van der Waals surface area (Å²) in [5.41, 5.74) is 4.75. The van der Waals surface area contributed by atoms with Crippen LogP contribution < -0.4 is 0 Å². The van der Waals surface area contributed by atoms with Crippen molar-refractivity contribution in [1.82, 2.24) is 0 Å². The molecule has 0 N–H and O–H groups in total. The van der Waals surface area contributed by atoms with Gasteiger partial charge in [-0.15, -0.1) is 31.5 Å². The molecule has 0 heterocycles. The van der Waals surface area contributed by atoms with Crippen LogP contribution in [0, 0.1) is 171 Å². The summed E-state index contributed by atoms with van der Waals surface area (Å²) in [6, 6.07) is 30.1. The van der Waals surface area contributed by atoms with Crippen molar-refractivity contribution in [2.75, 3.05) is 6.54 Å². The Balaban J connectivity index is -0.0000000154. The van der Waals surface area contributed by atoms with Crippen LogP contribution in [0.4, 0.5) is 0 Å². The molecule has 0 atom stereocenters. The molecule has 0 spiro atoms. The smallest absolute Gasteiger partial charge is 0 e. The van der Waals surface area contributed by atoms with Gasteiger partial charge in [0, 0.05) is 425 Å². The molecule has 0 aliphatic heterocycles. The first-order chi connectivity index (χ1) is 47.3. The van der Waals surface area contributed by atoms with Crippen molar-refractivity contribution in [3.8, 4) is 0 Å². The number of aryl methyl sites for hydroxylation is 1. The average Bonchev–Trinajstić information content (AvgIpc) is 0.934. The van der Waals surface area contributed by atoms with Gasteiger partial charge in [-0.2, -0.15) is 160 Å². The van der Waals surface area contributed by atoms with E-state index in [1.165, 1.54) is 42.4 Å². The molecule has 0 saturated heterocycles. The summed E-state index contributed by atoms with van der Waals surface area (Å²) < 4.78 is 0. The van der Waals surface area contributed by atoms with Crippen molar-refractivity contribution in [3.05, 3.63) is 278 Å². The Morgan fingerprint density at radius 1 is 0.282 bits per heavy atom. The van der Waals surface area contributed by atoms with E-state index in [0.717, 1.165) is 140 Å². The molecule has 110 heavy (non-hydrogen) atoms. The van der Waals surface area contributed by atoms with Crippen molar-refractivity contribution in [1.29, 1.82) is 0 Å². The summed E-state index contributed by atoms with van der Waals surface area (Å²) in [6.45, 7) is 142. The number of nitrogens with zero attached hydrogens (tertiary/aromatic N) is 1. The molecule has 0 saturated carbocycles. The van der Waals surface area contributed by atoms with Gasteiger partial charge in [-0.05, 0) is 0 Å². The Hall–Kier alpha value is 11.0. The first-order valence-electron chi connectivity index (χ1n) is 38.5. The van der Waals surface area contributed by atoms with Crippen LogP contribution in [-0.4, -0.2) is 13.3 Å². The van der Waals surface area contributed by atoms with E-state index in [2.05, 4.69) is 181 Å². The molecule has 0 amide bonds. The molecule has 643 valence electrons. The van der Waals surface area contributed by atoms with Gasteiger partial charge in [-0.3, -0.25) is 12.2 Å². The zero-order valence-electron chi connectivity index (χ0n) is 80.0. The van der Waals surface area contributed by atoms with Gasteiger partial charge in [-0.1, -0.05) is 218 Å². The fourth-order valence-electron chi connectivity index (χ4n) is 3.11. The number of allylic oxidation sites excluding steroid dienone is 2. The molecule has 0 aliphatic rings. The second-order valence-corrected chi connectivity index (χ2v) is 13.8. The third-order valence-electron chi connectivity index (χ3n) is 7.02. The Bertz CT molecular complexity index is 1180. The number of unbranched alkanes of at least 4 members (excludes halogenated alkanes) is 12. The average molecular weight is 2510 g/mol. The molecule has 13 radical (unpaired) electrons. The summed E-state index contributed by atoms with van der Waals surface area (Å²) in [5.74, 6) is 0. The minimum absolute atomic E-state index is 0. The van der Waals surface area contributed by atoms with E-state index in [1.54, 1.807) is 12.2 Å². The van der Waals surface area contributed by atoms with E-state index in [-0.39, 0.29) is 425 Å². The van der Waals surface area contributed by atoms with Gasteiger partial charge >= 0.3 is 0 Å². The molecule has 3 rings (SSSR count). The second-order valence-electron chi connectivity index (χ2n) is 13.8. The van der Waals surface area contributed by atoms with Crippen LogP contribution in [0.1, 0.15) is 344 Å². The largest absolute Gasteiger partial charge is 0.536 e. The van der Waals surface area contributed by atoms with Crippen molar-refractivity contribution in [2.24, 2.45) is 4.99 Å². The number of rotatable bonds is 19. The molecule has 0 unspecified atom stereocenters. The summed E-state index contributed by atoms with van der Waals surface area (Å²) in [6.07, 6.45) is 28.2.